The van der Waals surface area contributed by atoms with Crippen LogP contribution in [-0.4, -0.2) is 44.5 Å². The van der Waals surface area contributed by atoms with E-state index < -0.39 is 0 Å². The van der Waals surface area contributed by atoms with Gasteiger partial charge in [0.15, 0.2) is 0 Å². The van der Waals surface area contributed by atoms with E-state index in [4.69, 9.17) is 24.1 Å². The molecule has 1 N–H and O–H groups in total. The maximum atomic E-state index is 12.2. The number of aliphatic hydroxyl groups is 1. The van der Waals surface area contributed by atoms with Gasteiger partial charge in [-0.2, -0.15) is 0 Å². The first-order valence-electron chi connectivity index (χ1n) is 13.1. The third kappa shape index (κ3) is 13.4. The van der Waals surface area contributed by atoms with Crippen LogP contribution in [0.2, 0.25) is 0 Å². The number of aliphatic hydroxyl groups excluding tert-OH is 1. The zero-order chi connectivity index (χ0) is 27.5. The Morgan fingerprint density at radius 3 is 1.76 bits per heavy atom. The highest BCUT2D eigenvalue weighted by Crippen LogP contribution is 2.19. The first-order valence-corrected chi connectivity index (χ1v) is 13.1. The molecule has 0 aliphatic heterocycles. The Morgan fingerprint density at radius 2 is 1.27 bits per heavy atom. The Morgan fingerprint density at radius 1 is 0.757 bits per heavy atom. The monoisotopic (exact) mass is 516 g/mol. The van der Waals surface area contributed by atoms with Crippen molar-refractivity contribution >= 4 is 11.9 Å². The van der Waals surface area contributed by atoms with Crippen LogP contribution in [-0.2, 0) is 32.1 Å². The average molecular weight is 517 g/mol. The van der Waals surface area contributed by atoms with Crippen LogP contribution in [0.3, 0.4) is 0 Å². The van der Waals surface area contributed by atoms with Crippen LogP contribution in [0.4, 0.5) is 0 Å². The zero-order valence-electron chi connectivity index (χ0n) is 23.0. The van der Waals surface area contributed by atoms with Gasteiger partial charge < -0.3 is 24.1 Å². The molecule has 0 aliphatic carbocycles. The lowest BCUT2D eigenvalue weighted by atomic mass is 9.99. The molecule has 2 aromatic carbocycles. The van der Waals surface area contributed by atoms with E-state index in [0.29, 0.717) is 37.6 Å². The van der Waals surface area contributed by atoms with Crippen LogP contribution in [0, 0.1) is 11.8 Å². The standard InChI is InChI=1S/C16H24O4.C14H20O3/c1-3-4-5-14(10-11-19-2)16(18)20-15-8-6-13(12-17)7-9-15;1-4-12-5-7-13(8-6-12)17-14(15)11(2)9-10-16-3/h6-9,14,17H,3-5,10-12H2,1-2H3;5-8,11H,4,9-10H2,1-3H3. The molecule has 0 aromatic heterocycles. The normalized spacial score (nSPS) is 12.2. The number of ether oxygens (including phenoxy) is 4. The summed E-state index contributed by atoms with van der Waals surface area (Å²) in [6, 6.07) is 14.5. The molecular weight excluding hydrogens is 472 g/mol. The maximum Gasteiger partial charge on any atom is 0.314 e. The second-order valence-corrected chi connectivity index (χ2v) is 8.94. The SMILES string of the molecule is CCCCC(CCOC)C(=O)Oc1ccc(CO)cc1.CCc1ccc(OC(=O)C(C)CCOC)cc1. The van der Waals surface area contributed by atoms with Crippen molar-refractivity contribution < 1.29 is 33.6 Å². The highest BCUT2D eigenvalue weighted by atomic mass is 16.5. The minimum Gasteiger partial charge on any atom is -0.426 e. The summed E-state index contributed by atoms with van der Waals surface area (Å²) in [4.78, 5) is 23.8. The number of aryl methyl sites for hydroxylation is 1. The van der Waals surface area contributed by atoms with Crippen LogP contribution >= 0.6 is 0 Å². The Bertz CT molecular complexity index is 870. The molecule has 206 valence electrons. The Hall–Kier alpha value is -2.74. The van der Waals surface area contributed by atoms with E-state index in [1.54, 1.807) is 38.5 Å². The molecule has 2 unspecified atom stereocenters. The molecule has 37 heavy (non-hydrogen) atoms. The summed E-state index contributed by atoms with van der Waals surface area (Å²) in [5, 5.41) is 8.97. The number of esters is 2. The van der Waals surface area contributed by atoms with Gasteiger partial charge in [-0.25, -0.2) is 0 Å². The van der Waals surface area contributed by atoms with Crippen molar-refractivity contribution in [3.8, 4) is 11.5 Å². The number of carbonyl (C=O) groups is 2. The topological polar surface area (TPSA) is 91.3 Å². The molecule has 0 saturated heterocycles. The van der Waals surface area contributed by atoms with E-state index in [2.05, 4.69) is 13.8 Å². The molecule has 0 heterocycles. The fourth-order valence-electron chi connectivity index (χ4n) is 3.38. The lowest BCUT2D eigenvalue weighted by Crippen LogP contribution is -2.22. The second kappa shape index (κ2) is 19.4. The Labute approximate surface area is 222 Å². The first-order chi connectivity index (χ1) is 17.9. The lowest BCUT2D eigenvalue weighted by molar-refractivity contribution is -0.140. The maximum absolute atomic E-state index is 12.2. The number of benzene rings is 2. The molecule has 0 amide bonds. The van der Waals surface area contributed by atoms with Gasteiger partial charge in [0.2, 0.25) is 0 Å². The van der Waals surface area contributed by atoms with Gasteiger partial charge in [0.1, 0.15) is 11.5 Å². The highest BCUT2D eigenvalue weighted by Gasteiger charge is 2.20. The number of unbranched alkanes of at least 4 members (excludes halogenated alkanes) is 1. The molecule has 2 atom stereocenters. The Balaban J connectivity index is 0.000000375. The summed E-state index contributed by atoms with van der Waals surface area (Å²) in [5.74, 6) is 0.467. The number of carbonyl (C=O) groups excluding carboxylic acids is 2. The average Bonchev–Trinajstić information content (AvgIpc) is 2.92. The van der Waals surface area contributed by atoms with Crippen molar-refractivity contribution in [1.82, 2.24) is 0 Å². The molecule has 0 spiro atoms. The summed E-state index contributed by atoms with van der Waals surface area (Å²) in [7, 11) is 3.26. The van der Waals surface area contributed by atoms with Gasteiger partial charge in [-0.1, -0.05) is 57.9 Å². The smallest absolute Gasteiger partial charge is 0.314 e. The minimum absolute atomic E-state index is 0.0127. The van der Waals surface area contributed by atoms with Gasteiger partial charge in [-0.15, -0.1) is 0 Å². The number of hydrogen-bond acceptors (Lipinski definition) is 7. The van der Waals surface area contributed by atoms with Gasteiger partial charge in [0.25, 0.3) is 0 Å². The molecule has 2 aromatic rings. The van der Waals surface area contributed by atoms with E-state index in [-0.39, 0.29) is 30.4 Å². The lowest BCUT2D eigenvalue weighted by Gasteiger charge is -2.15. The Kier molecular flexibility index (Phi) is 16.9. The van der Waals surface area contributed by atoms with Gasteiger partial charge in [-0.3, -0.25) is 9.59 Å². The van der Waals surface area contributed by atoms with Crippen molar-refractivity contribution in [1.29, 1.82) is 0 Å². The molecular formula is C30H44O7. The third-order valence-corrected chi connectivity index (χ3v) is 5.94. The van der Waals surface area contributed by atoms with Gasteiger partial charge in [0, 0.05) is 27.4 Å². The van der Waals surface area contributed by atoms with Gasteiger partial charge in [0.05, 0.1) is 18.4 Å². The molecule has 2 rings (SSSR count). The number of hydrogen-bond donors (Lipinski definition) is 1. The van der Waals surface area contributed by atoms with E-state index in [1.165, 1.54) is 5.56 Å². The van der Waals surface area contributed by atoms with Crippen molar-refractivity contribution in [3.05, 3.63) is 59.7 Å². The molecule has 0 aliphatic rings. The number of methoxy groups -OCH3 is 2. The zero-order valence-corrected chi connectivity index (χ0v) is 23.0. The summed E-state index contributed by atoms with van der Waals surface area (Å²) < 4.78 is 20.7. The van der Waals surface area contributed by atoms with Crippen LogP contribution in [0.15, 0.2) is 48.5 Å². The molecule has 0 radical (unpaired) electrons. The first kappa shape index (κ1) is 32.3. The van der Waals surface area contributed by atoms with Crippen molar-refractivity contribution in [3.63, 3.8) is 0 Å². The fourth-order valence-corrected chi connectivity index (χ4v) is 3.38. The fraction of sp³-hybridized carbons (Fsp3) is 0.533. The van der Waals surface area contributed by atoms with Crippen molar-refractivity contribution in [2.75, 3.05) is 27.4 Å². The van der Waals surface area contributed by atoms with E-state index in [9.17, 15) is 9.59 Å². The molecule has 0 saturated carbocycles. The van der Waals surface area contributed by atoms with Crippen molar-refractivity contribution in [2.24, 2.45) is 11.8 Å². The van der Waals surface area contributed by atoms with Crippen LogP contribution in [0.1, 0.15) is 64.0 Å². The van der Waals surface area contributed by atoms with Crippen LogP contribution in [0.25, 0.3) is 0 Å². The van der Waals surface area contributed by atoms with E-state index in [0.717, 1.165) is 31.2 Å². The summed E-state index contributed by atoms with van der Waals surface area (Å²) in [6.45, 7) is 7.17. The minimum atomic E-state index is -0.203. The molecule has 7 heteroatoms. The molecule has 0 fully saturated rings. The van der Waals surface area contributed by atoms with E-state index in [1.807, 2.05) is 31.2 Å². The summed E-state index contributed by atoms with van der Waals surface area (Å²) in [5.41, 5.74) is 2.03. The quantitative estimate of drug-likeness (QED) is 0.238. The van der Waals surface area contributed by atoms with Crippen LogP contribution < -0.4 is 9.47 Å². The summed E-state index contributed by atoms with van der Waals surface area (Å²) in [6.07, 6.45) is 5.24. The van der Waals surface area contributed by atoms with Gasteiger partial charge >= 0.3 is 11.9 Å². The van der Waals surface area contributed by atoms with Crippen molar-refractivity contribution in [2.45, 2.75) is 65.9 Å². The highest BCUT2D eigenvalue weighted by molar-refractivity contribution is 5.75. The predicted molar refractivity (Wildman–Crippen MR) is 145 cm³/mol. The third-order valence-electron chi connectivity index (χ3n) is 5.94. The predicted octanol–water partition coefficient (Wildman–Crippen LogP) is 5.75. The van der Waals surface area contributed by atoms with Gasteiger partial charge in [-0.05, 0) is 61.1 Å². The number of rotatable bonds is 15. The van der Waals surface area contributed by atoms with Crippen LogP contribution in [0.5, 0.6) is 11.5 Å². The second-order valence-electron chi connectivity index (χ2n) is 8.94. The van der Waals surface area contributed by atoms with E-state index >= 15 is 0 Å². The molecule has 0 bridgehead atoms. The summed E-state index contributed by atoms with van der Waals surface area (Å²) >= 11 is 0. The largest absolute Gasteiger partial charge is 0.426 e. The molecule has 7 nitrogen and oxygen atoms in total.